The second-order valence-corrected chi connectivity index (χ2v) is 4.31. The number of thioether (sulfide) groups is 1. The van der Waals surface area contributed by atoms with Gasteiger partial charge in [0, 0.05) is 7.11 Å². The molecule has 0 radical (unpaired) electrons. The number of nitrogens with one attached hydrogen (secondary N) is 1. The molecule has 6 nitrogen and oxygen atoms in total. The fourth-order valence-electron chi connectivity index (χ4n) is 1.38. The van der Waals surface area contributed by atoms with Gasteiger partial charge in [0.1, 0.15) is 10.9 Å². The van der Waals surface area contributed by atoms with Gasteiger partial charge in [-0.15, -0.1) is 11.8 Å². The van der Waals surface area contributed by atoms with Crippen molar-refractivity contribution in [3.8, 4) is 0 Å². The van der Waals surface area contributed by atoms with Crippen LogP contribution in [0.4, 0.5) is 0 Å². The van der Waals surface area contributed by atoms with Gasteiger partial charge in [-0.2, -0.15) is 0 Å². The Kier molecular flexibility index (Phi) is 6.03. The molecule has 0 fully saturated rings. The third-order valence-corrected chi connectivity index (χ3v) is 2.83. The molecular weight excluding hydrogens is 254 g/mol. The molecule has 1 aromatic heterocycles. The number of nitrogens with zero attached hydrogens (tertiary/aromatic N) is 2. The largest absolute Gasteiger partial charge is 0.382 e. The monoisotopic (exact) mass is 271 g/mol. The van der Waals surface area contributed by atoms with Crippen LogP contribution in [0.1, 0.15) is 21.9 Å². The van der Waals surface area contributed by atoms with Crippen molar-refractivity contribution in [2.45, 2.75) is 18.9 Å². The summed E-state index contributed by atoms with van der Waals surface area (Å²) in [6, 6.07) is 0. The topological polar surface area (TPSA) is 73.3 Å². The molecule has 18 heavy (non-hydrogen) atoms. The highest BCUT2D eigenvalue weighted by atomic mass is 32.2. The Morgan fingerprint density at radius 3 is 2.67 bits per heavy atom. The number of hydrogen-bond donors (Lipinski definition) is 1. The van der Waals surface area contributed by atoms with Crippen LogP contribution in [-0.4, -0.2) is 42.5 Å². The van der Waals surface area contributed by atoms with Gasteiger partial charge in [-0.25, -0.2) is 15.4 Å². The van der Waals surface area contributed by atoms with Crippen LogP contribution in [0.2, 0.25) is 0 Å². The minimum atomic E-state index is -0.340. The number of hydrogen-bond acceptors (Lipinski definition) is 6. The first-order chi connectivity index (χ1) is 8.60. The molecule has 0 bridgehead atoms. The summed E-state index contributed by atoms with van der Waals surface area (Å²) in [5, 5.41) is 0.646. The van der Waals surface area contributed by atoms with Crippen LogP contribution in [0.3, 0.4) is 0 Å². The molecule has 1 rings (SSSR count). The van der Waals surface area contributed by atoms with Crippen LogP contribution in [0.15, 0.2) is 5.03 Å². The molecule has 0 aliphatic heterocycles. The number of carbonyl (C=O) groups excluding carboxylic acids is 1. The molecule has 0 saturated carbocycles. The number of methoxy groups -OCH3 is 1. The summed E-state index contributed by atoms with van der Waals surface area (Å²) in [5.41, 5.74) is 3.44. The first kappa shape index (κ1) is 14.9. The Morgan fingerprint density at radius 1 is 1.33 bits per heavy atom. The van der Waals surface area contributed by atoms with E-state index in [1.807, 2.05) is 6.26 Å². The van der Waals surface area contributed by atoms with Crippen LogP contribution in [0.5, 0.6) is 0 Å². The summed E-state index contributed by atoms with van der Waals surface area (Å²) >= 11 is 1.40. The van der Waals surface area contributed by atoms with Gasteiger partial charge >= 0.3 is 0 Å². The van der Waals surface area contributed by atoms with Crippen molar-refractivity contribution in [3.63, 3.8) is 0 Å². The lowest BCUT2D eigenvalue weighted by atomic mass is 10.2. The van der Waals surface area contributed by atoms with Gasteiger partial charge in [-0.3, -0.25) is 9.63 Å². The van der Waals surface area contributed by atoms with Gasteiger partial charge in [0.05, 0.1) is 24.5 Å². The van der Waals surface area contributed by atoms with Crippen molar-refractivity contribution in [2.75, 3.05) is 26.6 Å². The second-order valence-electron chi connectivity index (χ2n) is 3.51. The number of hydroxylamine groups is 1. The normalized spacial score (nSPS) is 10.4. The molecule has 0 saturated heterocycles. The number of aromatic nitrogens is 2. The fraction of sp³-hybridized carbons (Fsp3) is 0.545. The molecule has 7 heteroatoms. The second kappa shape index (κ2) is 7.30. The van der Waals surface area contributed by atoms with Crippen molar-refractivity contribution in [1.29, 1.82) is 0 Å². The van der Waals surface area contributed by atoms with E-state index >= 15 is 0 Å². The van der Waals surface area contributed by atoms with E-state index in [9.17, 15) is 4.79 Å². The van der Waals surface area contributed by atoms with E-state index in [0.717, 1.165) is 0 Å². The first-order valence-electron chi connectivity index (χ1n) is 5.40. The SMILES string of the molecule is COCCONC(=O)c1c(C)nc(C)nc1SC. The molecule has 0 atom stereocenters. The van der Waals surface area contributed by atoms with Crippen molar-refractivity contribution in [1.82, 2.24) is 15.4 Å². The molecule has 0 aromatic carbocycles. The molecule has 0 aliphatic rings. The lowest BCUT2D eigenvalue weighted by Crippen LogP contribution is -2.27. The highest BCUT2D eigenvalue weighted by Crippen LogP contribution is 2.20. The first-order valence-corrected chi connectivity index (χ1v) is 6.63. The van der Waals surface area contributed by atoms with E-state index in [1.54, 1.807) is 21.0 Å². The number of aryl methyl sites for hydroxylation is 2. The minimum Gasteiger partial charge on any atom is -0.382 e. The maximum absolute atomic E-state index is 11.9. The standard InChI is InChI=1S/C11H17N3O3S/c1-7-9(10(15)14-17-6-5-16-3)11(18-4)13-8(2)12-7/h5-6H2,1-4H3,(H,14,15). The van der Waals surface area contributed by atoms with E-state index in [4.69, 9.17) is 9.57 Å². The minimum absolute atomic E-state index is 0.294. The van der Waals surface area contributed by atoms with E-state index < -0.39 is 0 Å². The van der Waals surface area contributed by atoms with E-state index in [2.05, 4.69) is 15.4 Å². The van der Waals surface area contributed by atoms with Crippen molar-refractivity contribution in [2.24, 2.45) is 0 Å². The van der Waals surface area contributed by atoms with Crippen LogP contribution in [0, 0.1) is 13.8 Å². The summed E-state index contributed by atoms with van der Waals surface area (Å²) in [5.74, 6) is 0.307. The zero-order valence-corrected chi connectivity index (χ0v) is 11.8. The molecule has 1 aromatic rings. The Balaban J connectivity index is 2.78. The van der Waals surface area contributed by atoms with Gasteiger partial charge in [0.25, 0.3) is 5.91 Å². The highest BCUT2D eigenvalue weighted by molar-refractivity contribution is 7.98. The smallest absolute Gasteiger partial charge is 0.279 e. The highest BCUT2D eigenvalue weighted by Gasteiger charge is 2.17. The maximum atomic E-state index is 11.9. The van der Waals surface area contributed by atoms with Crippen LogP contribution < -0.4 is 5.48 Å². The molecule has 100 valence electrons. The van der Waals surface area contributed by atoms with Crippen LogP contribution >= 0.6 is 11.8 Å². The van der Waals surface area contributed by atoms with Gasteiger partial charge in [-0.1, -0.05) is 0 Å². The molecule has 0 aliphatic carbocycles. The molecule has 1 heterocycles. The maximum Gasteiger partial charge on any atom is 0.279 e. The van der Waals surface area contributed by atoms with Gasteiger partial charge in [0.2, 0.25) is 0 Å². The van der Waals surface area contributed by atoms with E-state index in [1.165, 1.54) is 11.8 Å². The van der Waals surface area contributed by atoms with Crippen molar-refractivity contribution < 1.29 is 14.4 Å². The molecule has 0 unspecified atom stereocenters. The van der Waals surface area contributed by atoms with Crippen LogP contribution in [0.25, 0.3) is 0 Å². The molecular formula is C11H17N3O3S. The summed E-state index contributed by atoms with van der Waals surface area (Å²) in [4.78, 5) is 25.3. The summed E-state index contributed by atoms with van der Waals surface area (Å²) in [7, 11) is 1.56. The fourth-order valence-corrected chi connectivity index (χ4v) is 2.05. The van der Waals surface area contributed by atoms with E-state index in [0.29, 0.717) is 35.3 Å². The Labute approximate surface area is 110 Å². The van der Waals surface area contributed by atoms with Crippen molar-refractivity contribution >= 4 is 17.7 Å². The predicted octanol–water partition coefficient (Wildman–Crippen LogP) is 1.12. The van der Waals surface area contributed by atoms with Gasteiger partial charge in [-0.05, 0) is 20.1 Å². The zero-order chi connectivity index (χ0) is 13.5. The molecule has 1 N–H and O–H groups in total. The average Bonchev–Trinajstić information content (AvgIpc) is 2.33. The molecule has 0 spiro atoms. The number of rotatable bonds is 6. The van der Waals surface area contributed by atoms with Gasteiger partial charge < -0.3 is 4.74 Å². The Bertz CT molecular complexity index is 426. The quantitative estimate of drug-likeness (QED) is 0.362. The third kappa shape index (κ3) is 3.94. The lowest BCUT2D eigenvalue weighted by molar-refractivity contribution is 0.00858. The summed E-state index contributed by atoms with van der Waals surface area (Å²) < 4.78 is 4.81. The third-order valence-electron chi connectivity index (χ3n) is 2.14. The summed E-state index contributed by atoms with van der Waals surface area (Å²) in [6.45, 7) is 4.28. The van der Waals surface area contributed by atoms with Crippen molar-refractivity contribution in [3.05, 3.63) is 17.1 Å². The summed E-state index contributed by atoms with van der Waals surface area (Å²) in [6.07, 6.45) is 1.86. The number of amides is 1. The lowest BCUT2D eigenvalue weighted by Gasteiger charge is -2.10. The average molecular weight is 271 g/mol. The predicted molar refractivity (Wildman–Crippen MR) is 68.6 cm³/mol. The number of ether oxygens (including phenoxy) is 1. The Morgan fingerprint density at radius 2 is 2.06 bits per heavy atom. The number of carbonyl (C=O) groups is 1. The molecule has 1 amide bonds. The van der Waals surface area contributed by atoms with Gasteiger partial charge in [0.15, 0.2) is 0 Å². The van der Waals surface area contributed by atoms with Crippen LogP contribution in [-0.2, 0) is 9.57 Å². The Hall–Kier alpha value is -1.18. The zero-order valence-electron chi connectivity index (χ0n) is 10.9. The van der Waals surface area contributed by atoms with E-state index in [-0.39, 0.29) is 5.91 Å².